The smallest absolute Gasteiger partial charge is 0.326 e. The topological polar surface area (TPSA) is 125 Å². The molecule has 0 aliphatic heterocycles. The first-order chi connectivity index (χ1) is 12.4. The summed E-state index contributed by atoms with van der Waals surface area (Å²) < 4.78 is 0. The summed E-state index contributed by atoms with van der Waals surface area (Å²) in [7, 11) is 0. The number of nitrogens with two attached hydrogens (primary N) is 1. The lowest BCUT2D eigenvalue weighted by atomic mass is 10.1. The third-order valence-electron chi connectivity index (χ3n) is 3.48. The van der Waals surface area contributed by atoms with E-state index in [0.29, 0.717) is 30.5 Å². The minimum Gasteiger partial charge on any atom is -0.480 e. The van der Waals surface area contributed by atoms with Crippen LogP contribution in [-0.4, -0.2) is 53.9 Å². The molecule has 0 aromatic heterocycles. The zero-order valence-electron chi connectivity index (χ0n) is 14.1. The maximum atomic E-state index is 11.9. The predicted octanol–water partition coefficient (Wildman–Crippen LogP) is 1.81. The summed E-state index contributed by atoms with van der Waals surface area (Å²) in [6.07, 6.45) is -0.217. The van der Waals surface area contributed by atoms with Gasteiger partial charge in [0.1, 0.15) is 6.04 Å². The van der Waals surface area contributed by atoms with Crippen molar-refractivity contribution in [2.45, 2.75) is 18.9 Å². The molecule has 26 heavy (non-hydrogen) atoms. The summed E-state index contributed by atoms with van der Waals surface area (Å²) in [5.74, 6) is -0.954. The molecular weight excluding hydrogens is 383 g/mol. The van der Waals surface area contributed by atoms with Gasteiger partial charge < -0.3 is 26.4 Å². The molecule has 0 aliphatic rings. The first-order valence-electron chi connectivity index (χ1n) is 7.93. The van der Waals surface area contributed by atoms with Crippen molar-refractivity contribution < 1.29 is 19.5 Å². The Balaban J connectivity index is 2.65. The third-order valence-corrected chi connectivity index (χ3v) is 3.82. The summed E-state index contributed by atoms with van der Waals surface area (Å²) >= 11 is 11.5. The van der Waals surface area contributed by atoms with E-state index >= 15 is 0 Å². The number of hydrogen-bond donors (Lipinski definition) is 4. The number of carbonyl (C=O) groups is 3. The molecule has 0 unspecified atom stereocenters. The second-order valence-electron chi connectivity index (χ2n) is 5.41. The van der Waals surface area contributed by atoms with Gasteiger partial charge in [-0.1, -0.05) is 0 Å². The molecule has 0 bridgehead atoms. The molecule has 0 spiro atoms. The molecule has 144 valence electrons. The van der Waals surface area contributed by atoms with Crippen LogP contribution >= 0.6 is 23.2 Å². The van der Waals surface area contributed by atoms with Gasteiger partial charge in [-0.15, -0.1) is 23.2 Å². The van der Waals surface area contributed by atoms with E-state index in [1.165, 1.54) is 0 Å². The van der Waals surface area contributed by atoms with Gasteiger partial charge in [-0.3, -0.25) is 4.79 Å². The van der Waals surface area contributed by atoms with Crippen molar-refractivity contribution in [3.63, 3.8) is 0 Å². The Morgan fingerprint density at radius 1 is 1.12 bits per heavy atom. The molecule has 0 fully saturated rings. The monoisotopic (exact) mass is 404 g/mol. The fraction of sp³-hybridized carbons (Fsp3) is 0.438. The molecule has 10 heteroatoms. The van der Waals surface area contributed by atoms with Crippen LogP contribution in [0, 0.1) is 0 Å². The fourth-order valence-electron chi connectivity index (χ4n) is 2.20. The number of carboxylic acids is 1. The summed E-state index contributed by atoms with van der Waals surface area (Å²) in [4.78, 5) is 35.8. The van der Waals surface area contributed by atoms with Gasteiger partial charge in [-0.2, -0.15) is 0 Å². The van der Waals surface area contributed by atoms with Crippen molar-refractivity contribution in [2.75, 3.05) is 35.1 Å². The van der Waals surface area contributed by atoms with E-state index in [2.05, 4.69) is 10.6 Å². The Hall–Kier alpha value is -2.19. The third kappa shape index (κ3) is 7.79. The van der Waals surface area contributed by atoms with Crippen molar-refractivity contribution in [1.82, 2.24) is 5.32 Å². The highest BCUT2D eigenvalue weighted by Crippen LogP contribution is 2.18. The number of carboxylic acid groups (broad SMARTS) is 1. The second-order valence-corrected chi connectivity index (χ2v) is 6.16. The van der Waals surface area contributed by atoms with Crippen LogP contribution in [0.1, 0.15) is 12.8 Å². The fourth-order valence-corrected chi connectivity index (χ4v) is 2.61. The molecule has 1 rings (SSSR count). The predicted molar refractivity (Wildman–Crippen MR) is 102 cm³/mol. The van der Waals surface area contributed by atoms with Crippen LogP contribution in [0.5, 0.6) is 0 Å². The lowest BCUT2D eigenvalue weighted by Gasteiger charge is -2.23. The Labute approximate surface area is 161 Å². The van der Waals surface area contributed by atoms with Crippen LogP contribution < -0.4 is 21.3 Å². The number of aliphatic carboxylic acids is 1. The molecular formula is C16H22Cl2N4O4. The van der Waals surface area contributed by atoms with Gasteiger partial charge in [0.25, 0.3) is 0 Å². The minimum absolute atomic E-state index is 0.0805. The highest BCUT2D eigenvalue weighted by atomic mass is 35.5. The van der Waals surface area contributed by atoms with Crippen molar-refractivity contribution in [2.24, 2.45) is 5.73 Å². The average molecular weight is 405 g/mol. The normalized spacial score (nSPS) is 11.5. The summed E-state index contributed by atoms with van der Waals surface area (Å²) in [5, 5.41) is 13.9. The van der Waals surface area contributed by atoms with Gasteiger partial charge in [0, 0.05) is 42.6 Å². The molecule has 1 atom stereocenters. The number of carbonyl (C=O) groups excluding carboxylic acids is 2. The SMILES string of the molecule is NC(=O)CC[C@H](NC(=O)Nc1ccc(N(CCCl)CCCl)cc1)C(=O)O. The number of halogens is 2. The zero-order chi connectivity index (χ0) is 19.5. The lowest BCUT2D eigenvalue weighted by molar-refractivity contribution is -0.139. The van der Waals surface area contributed by atoms with E-state index < -0.39 is 23.9 Å². The standard InChI is InChI=1S/C16H22Cl2N4O4/c17-7-9-22(10-8-18)12-3-1-11(2-4-12)20-16(26)21-13(15(24)25)5-6-14(19)23/h1-4,13H,5-10H2,(H2,19,23)(H,24,25)(H2,20,21,26)/t13-/m0/s1. The molecule has 3 amide bonds. The van der Waals surface area contributed by atoms with Crippen LogP contribution in [0.2, 0.25) is 0 Å². The van der Waals surface area contributed by atoms with Crippen LogP contribution in [0.25, 0.3) is 0 Å². The number of hydrogen-bond acceptors (Lipinski definition) is 4. The van der Waals surface area contributed by atoms with E-state index in [0.717, 1.165) is 5.69 Å². The number of benzene rings is 1. The Kier molecular flexibility index (Phi) is 9.61. The molecule has 0 saturated carbocycles. The van der Waals surface area contributed by atoms with Gasteiger partial charge in [-0.25, -0.2) is 9.59 Å². The van der Waals surface area contributed by atoms with Crippen LogP contribution in [0.4, 0.5) is 16.2 Å². The largest absolute Gasteiger partial charge is 0.480 e. The highest BCUT2D eigenvalue weighted by Gasteiger charge is 2.20. The number of alkyl halides is 2. The molecule has 8 nitrogen and oxygen atoms in total. The van der Waals surface area contributed by atoms with E-state index in [4.69, 9.17) is 34.0 Å². The Bertz CT molecular complexity index is 607. The molecule has 1 aromatic carbocycles. The zero-order valence-corrected chi connectivity index (χ0v) is 15.6. The number of rotatable bonds is 11. The van der Waals surface area contributed by atoms with Crippen molar-refractivity contribution in [1.29, 1.82) is 0 Å². The van der Waals surface area contributed by atoms with E-state index in [1.54, 1.807) is 24.3 Å². The first-order valence-corrected chi connectivity index (χ1v) is 8.99. The first kappa shape index (κ1) is 21.9. The summed E-state index contributed by atoms with van der Waals surface area (Å²) in [6.45, 7) is 1.28. The van der Waals surface area contributed by atoms with Crippen molar-refractivity contribution >= 4 is 52.5 Å². The van der Waals surface area contributed by atoms with Gasteiger partial charge in [0.05, 0.1) is 0 Å². The number of amides is 3. The summed E-state index contributed by atoms with van der Waals surface area (Å²) in [5.41, 5.74) is 6.39. The minimum atomic E-state index is -1.24. The molecule has 1 aromatic rings. The maximum absolute atomic E-state index is 11.9. The Morgan fingerprint density at radius 2 is 1.69 bits per heavy atom. The Morgan fingerprint density at radius 3 is 2.15 bits per heavy atom. The van der Waals surface area contributed by atoms with Gasteiger partial charge in [0.2, 0.25) is 5.91 Å². The maximum Gasteiger partial charge on any atom is 0.326 e. The lowest BCUT2D eigenvalue weighted by Crippen LogP contribution is -2.43. The molecule has 0 aliphatic carbocycles. The number of anilines is 2. The highest BCUT2D eigenvalue weighted by molar-refractivity contribution is 6.18. The van der Waals surface area contributed by atoms with Crippen LogP contribution in [0.3, 0.4) is 0 Å². The van der Waals surface area contributed by atoms with Gasteiger partial charge >= 0.3 is 12.0 Å². The second kappa shape index (κ2) is 11.4. The van der Waals surface area contributed by atoms with E-state index in [9.17, 15) is 14.4 Å². The number of urea groups is 1. The van der Waals surface area contributed by atoms with Crippen LogP contribution in [0.15, 0.2) is 24.3 Å². The van der Waals surface area contributed by atoms with Crippen LogP contribution in [-0.2, 0) is 9.59 Å². The van der Waals surface area contributed by atoms with E-state index in [1.807, 2.05) is 4.90 Å². The number of nitrogens with zero attached hydrogens (tertiary/aromatic N) is 1. The number of nitrogens with one attached hydrogen (secondary N) is 2. The average Bonchev–Trinajstić information content (AvgIpc) is 2.58. The van der Waals surface area contributed by atoms with Crippen molar-refractivity contribution in [3.05, 3.63) is 24.3 Å². The van der Waals surface area contributed by atoms with E-state index in [-0.39, 0.29) is 12.8 Å². The molecule has 0 heterocycles. The number of primary amides is 1. The summed E-state index contributed by atoms with van der Waals surface area (Å²) in [6, 6.07) is 5.08. The van der Waals surface area contributed by atoms with Gasteiger partial charge in [0.15, 0.2) is 0 Å². The van der Waals surface area contributed by atoms with Gasteiger partial charge in [-0.05, 0) is 30.7 Å². The molecule has 5 N–H and O–H groups in total. The molecule has 0 radical (unpaired) electrons. The molecule has 0 saturated heterocycles. The quantitative estimate of drug-likeness (QED) is 0.418. The van der Waals surface area contributed by atoms with Crippen molar-refractivity contribution in [3.8, 4) is 0 Å².